The van der Waals surface area contributed by atoms with Gasteiger partial charge in [-0.25, -0.2) is 4.98 Å². The van der Waals surface area contributed by atoms with Crippen molar-refractivity contribution >= 4 is 26.4 Å². The van der Waals surface area contributed by atoms with Gasteiger partial charge in [-0.15, -0.1) is 11.3 Å². The average molecular weight is 250 g/mol. The summed E-state index contributed by atoms with van der Waals surface area (Å²) in [7, 11) is 0. The van der Waals surface area contributed by atoms with Crippen LogP contribution >= 0.6 is 11.3 Å². The third kappa shape index (κ3) is 1.31. The molecule has 0 aliphatic heterocycles. The van der Waals surface area contributed by atoms with Crippen LogP contribution in [0.25, 0.3) is 26.3 Å². The van der Waals surface area contributed by atoms with Crippen LogP contribution in [0, 0.1) is 0 Å². The molecule has 0 aliphatic rings. The van der Waals surface area contributed by atoms with Crippen molar-refractivity contribution in [2.24, 2.45) is 0 Å². The summed E-state index contributed by atoms with van der Waals surface area (Å²) in [4.78, 5) is 5.76. The van der Waals surface area contributed by atoms with Crippen molar-refractivity contribution in [3.05, 3.63) is 60.9 Å². The lowest BCUT2D eigenvalue weighted by Gasteiger charge is -1.94. The Hall–Kier alpha value is -2.13. The van der Waals surface area contributed by atoms with Gasteiger partial charge in [0.05, 0.1) is 10.2 Å². The zero-order valence-electron chi connectivity index (χ0n) is 9.58. The molecular formula is C15H10N2S. The second-order valence-corrected chi connectivity index (χ2v) is 5.23. The third-order valence-corrected chi connectivity index (χ3v) is 4.25. The Morgan fingerprint density at radius 2 is 1.67 bits per heavy atom. The number of benzene rings is 2. The van der Waals surface area contributed by atoms with E-state index in [1.165, 1.54) is 20.6 Å². The highest BCUT2D eigenvalue weighted by Crippen LogP contribution is 2.32. The number of aromatic nitrogens is 2. The molecule has 4 rings (SSSR count). The minimum Gasteiger partial charge on any atom is -0.289 e. The van der Waals surface area contributed by atoms with Crippen LogP contribution in [-0.2, 0) is 0 Å². The first-order valence-corrected chi connectivity index (χ1v) is 6.65. The zero-order chi connectivity index (χ0) is 11.9. The van der Waals surface area contributed by atoms with E-state index in [4.69, 9.17) is 0 Å². The van der Waals surface area contributed by atoms with Crippen molar-refractivity contribution in [3.63, 3.8) is 0 Å². The van der Waals surface area contributed by atoms with Crippen molar-refractivity contribution in [2.75, 3.05) is 0 Å². The van der Waals surface area contributed by atoms with Crippen molar-refractivity contribution in [3.8, 4) is 11.3 Å². The van der Waals surface area contributed by atoms with Crippen LogP contribution in [0.15, 0.2) is 60.9 Å². The Bertz CT molecular complexity index is 827. The van der Waals surface area contributed by atoms with Crippen LogP contribution in [0.3, 0.4) is 0 Å². The summed E-state index contributed by atoms with van der Waals surface area (Å²) in [5, 5.41) is 0. The van der Waals surface area contributed by atoms with E-state index in [0.717, 1.165) is 5.69 Å². The maximum absolute atomic E-state index is 4.55. The highest BCUT2D eigenvalue weighted by atomic mass is 32.1. The lowest BCUT2D eigenvalue weighted by molar-refractivity contribution is 1.23. The van der Waals surface area contributed by atoms with Crippen molar-refractivity contribution in [1.29, 1.82) is 0 Å². The van der Waals surface area contributed by atoms with Crippen molar-refractivity contribution in [1.82, 2.24) is 9.38 Å². The Morgan fingerprint density at radius 3 is 2.56 bits per heavy atom. The molecule has 0 saturated heterocycles. The molecule has 2 aromatic heterocycles. The predicted molar refractivity (Wildman–Crippen MR) is 76.0 cm³/mol. The van der Waals surface area contributed by atoms with Gasteiger partial charge >= 0.3 is 0 Å². The Morgan fingerprint density at radius 1 is 0.889 bits per heavy atom. The number of hydrogen-bond donors (Lipinski definition) is 0. The van der Waals surface area contributed by atoms with E-state index in [1.807, 2.05) is 24.5 Å². The van der Waals surface area contributed by atoms with Gasteiger partial charge in [0, 0.05) is 5.56 Å². The molecule has 2 nitrogen and oxygen atoms in total. The van der Waals surface area contributed by atoms with E-state index in [0.29, 0.717) is 0 Å². The van der Waals surface area contributed by atoms with Gasteiger partial charge in [0.2, 0.25) is 0 Å². The summed E-state index contributed by atoms with van der Waals surface area (Å²) in [5.41, 5.74) is 3.47. The van der Waals surface area contributed by atoms with E-state index in [9.17, 15) is 0 Å². The molecule has 0 atom stereocenters. The standard InChI is InChI=1S/C15H10N2S/c1-2-6-11(7-3-1)14-15-17(10-16-14)12-8-4-5-9-13(12)18-15/h1-10H. The Kier molecular flexibility index (Phi) is 2.02. The molecule has 2 heterocycles. The fourth-order valence-corrected chi connectivity index (χ4v) is 3.38. The van der Waals surface area contributed by atoms with E-state index in [-0.39, 0.29) is 0 Å². The molecule has 0 fully saturated rings. The monoisotopic (exact) mass is 250 g/mol. The molecule has 0 spiro atoms. The molecule has 18 heavy (non-hydrogen) atoms. The molecule has 86 valence electrons. The van der Waals surface area contributed by atoms with E-state index >= 15 is 0 Å². The summed E-state index contributed by atoms with van der Waals surface area (Å²) in [6.07, 6.45) is 1.91. The maximum Gasteiger partial charge on any atom is 0.128 e. The highest BCUT2D eigenvalue weighted by Gasteiger charge is 2.11. The number of imidazole rings is 1. The van der Waals surface area contributed by atoms with Gasteiger partial charge in [0.25, 0.3) is 0 Å². The minimum atomic E-state index is 1.07. The quantitative estimate of drug-likeness (QED) is 0.494. The SMILES string of the molecule is c1ccc(-c2ncn3c2sc2ccccc23)cc1. The predicted octanol–water partition coefficient (Wildman–Crippen LogP) is 4.22. The van der Waals surface area contributed by atoms with Gasteiger partial charge in [-0.3, -0.25) is 4.40 Å². The van der Waals surface area contributed by atoms with Crippen LogP contribution in [-0.4, -0.2) is 9.38 Å². The van der Waals surface area contributed by atoms with Gasteiger partial charge < -0.3 is 0 Å². The number of hydrogen-bond acceptors (Lipinski definition) is 2. The first kappa shape index (κ1) is 9.85. The summed E-state index contributed by atoms with van der Waals surface area (Å²) >= 11 is 1.79. The molecule has 0 amide bonds. The molecular weight excluding hydrogens is 240 g/mol. The smallest absolute Gasteiger partial charge is 0.128 e. The fraction of sp³-hybridized carbons (Fsp3) is 0. The highest BCUT2D eigenvalue weighted by molar-refractivity contribution is 7.24. The molecule has 0 unspecified atom stereocenters. The van der Waals surface area contributed by atoms with Crippen LogP contribution < -0.4 is 0 Å². The maximum atomic E-state index is 4.55. The molecule has 3 heteroatoms. The number of rotatable bonds is 1. The molecule has 0 bridgehead atoms. The van der Waals surface area contributed by atoms with Crippen molar-refractivity contribution < 1.29 is 0 Å². The lowest BCUT2D eigenvalue weighted by Crippen LogP contribution is -1.76. The second-order valence-electron chi connectivity index (χ2n) is 4.20. The van der Waals surface area contributed by atoms with E-state index in [2.05, 4.69) is 45.8 Å². The van der Waals surface area contributed by atoms with E-state index in [1.54, 1.807) is 11.3 Å². The minimum absolute atomic E-state index is 1.07. The van der Waals surface area contributed by atoms with Crippen LogP contribution in [0.2, 0.25) is 0 Å². The first-order valence-electron chi connectivity index (χ1n) is 5.83. The van der Waals surface area contributed by atoms with Gasteiger partial charge in [0.15, 0.2) is 0 Å². The van der Waals surface area contributed by atoms with Gasteiger partial charge in [-0.1, -0.05) is 42.5 Å². The first-order chi connectivity index (χ1) is 8.93. The van der Waals surface area contributed by atoms with Crippen LogP contribution in [0.1, 0.15) is 0 Å². The third-order valence-electron chi connectivity index (χ3n) is 3.10. The molecule has 0 radical (unpaired) electrons. The summed E-state index contributed by atoms with van der Waals surface area (Å²) in [6.45, 7) is 0. The molecule has 0 saturated carbocycles. The summed E-state index contributed by atoms with van der Waals surface area (Å²) < 4.78 is 3.47. The summed E-state index contributed by atoms with van der Waals surface area (Å²) in [5.74, 6) is 0. The number of fused-ring (bicyclic) bond motifs is 3. The van der Waals surface area contributed by atoms with Gasteiger partial charge in [-0.05, 0) is 12.1 Å². The largest absolute Gasteiger partial charge is 0.289 e. The summed E-state index contributed by atoms with van der Waals surface area (Å²) in [6, 6.07) is 18.8. The van der Waals surface area contributed by atoms with E-state index < -0.39 is 0 Å². The number of thiazole rings is 1. The molecule has 0 N–H and O–H groups in total. The number of para-hydroxylation sites is 1. The van der Waals surface area contributed by atoms with Crippen LogP contribution in [0.5, 0.6) is 0 Å². The molecule has 2 aromatic carbocycles. The molecule has 4 aromatic rings. The fourth-order valence-electron chi connectivity index (χ4n) is 2.25. The van der Waals surface area contributed by atoms with Crippen LogP contribution in [0.4, 0.5) is 0 Å². The topological polar surface area (TPSA) is 17.3 Å². The van der Waals surface area contributed by atoms with Crippen molar-refractivity contribution in [2.45, 2.75) is 0 Å². The average Bonchev–Trinajstić information content (AvgIpc) is 2.98. The van der Waals surface area contributed by atoms with Gasteiger partial charge in [0.1, 0.15) is 16.9 Å². The zero-order valence-corrected chi connectivity index (χ0v) is 10.4. The lowest BCUT2D eigenvalue weighted by atomic mass is 10.2. The number of nitrogens with zero attached hydrogens (tertiary/aromatic N) is 2. The normalized spacial score (nSPS) is 11.3. The van der Waals surface area contributed by atoms with Gasteiger partial charge in [-0.2, -0.15) is 0 Å². The Balaban J connectivity index is 2.08. The second kappa shape index (κ2) is 3.68. The Labute approximate surface area is 108 Å². The molecule has 0 aliphatic carbocycles.